The lowest BCUT2D eigenvalue weighted by atomic mass is 10.1. The maximum Gasteiger partial charge on any atom is 0.164 e. The Balaban J connectivity index is 2.76. The molecule has 0 aromatic heterocycles. The molecule has 0 spiro atoms. The molecule has 0 heterocycles. The first-order valence-electron chi connectivity index (χ1n) is 4.14. The van der Waals surface area contributed by atoms with Crippen molar-refractivity contribution in [2.45, 2.75) is 12.8 Å². The van der Waals surface area contributed by atoms with Gasteiger partial charge in [0.15, 0.2) is 5.78 Å². The highest BCUT2D eigenvalue weighted by Gasteiger charge is 2.07. The number of hydrogen-bond acceptors (Lipinski definition) is 1. The van der Waals surface area contributed by atoms with Gasteiger partial charge in [0.25, 0.3) is 0 Å². The highest BCUT2D eigenvalue weighted by atomic mass is 79.9. The van der Waals surface area contributed by atoms with Crippen molar-refractivity contribution in [3.63, 3.8) is 0 Å². The lowest BCUT2D eigenvalue weighted by Crippen LogP contribution is -1.98. The van der Waals surface area contributed by atoms with Crippen LogP contribution in [0.4, 0.5) is 0 Å². The molecule has 0 unspecified atom stereocenters. The van der Waals surface area contributed by atoms with E-state index in [1.54, 1.807) is 6.08 Å². The summed E-state index contributed by atoms with van der Waals surface area (Å²) in [6.07, 6.45) is 3.03. The second-order valence-corrected chi connectivity index (χ2v) is 3.58. The number of Topliss-reactive ketones (excluding diaryl/α,β-unsaturated/α-hetero) is 1. The van der Waals surface area contributed by atoms with Gasteiger partial charge in [0, 0.05) is 16.5 Å². The van der Waals surface area contributed by atoms with Crippen LogP contribution in [-0.4, -0.2) is 5.78 Å². The standard InChI is InChI=1S/C11H11BrO/c1-2-3-8-11(13)9-6-4-5-7-10(9)12/h2,4-7H,1,3,8H2. The highest BCUT2D eigenvalue weighted by Crippen LogP contribution is 2.17. The van der Waals surface area contributed by atoms with Gasteiger partial charge in [-0.25, -0.2) is 0 Å². The lowest BCUT2D eigenvalue weighted by molar-refractivity contribution is 0.0983. The third kappa shape index (κ3) is 2.81. The molecule has 0 atom stereocenters. The predicted octanol–water partition coefficient (Wildman–Crippen LogP) is 3.60. The molecule has 1 aromatic carbocycles. The molecular weight excluding hydrogens is 228 g/mol. The van der Waals surface area contributed by atoms with Gasteiger partial charge in [-0.1, -0.05) is 40.2 Å². The summed E-state index contributed by atoms with van der Waals surface area (Å²) in [6.45, 7) is 3.58. The first-order valence-corrected chi connectivity index (χ1v) is 4.93. The summed E-state index contributed by atoms with van der Waals surface area (Å²) in [4.78, 5) is 11.5. The van der Waals surface area contributed by atoms with E-state index in [4.69, 9.17) is 0 Å². The number of ketones is 1. The number of benzene rings is 1. The zero-order valence-electron chi connectivity index (χ0n) is 7.29. The first-order chi connectivity index (χ1) is 6.25. The van der Waals surface area contributed by atoms with Gasteiger partial charge in [-0.3, -0.25) is 4.79 Å². The van der Waals surface area contributed by atoms with Crippen LogP contribution in [0, 0.1) is 0 Å². The van der Waals surface area contributed by atoms with E-state index in [1.807, 2.05) is 24.3 Å². The molecule has 13 heavy (non-hydrogen) atoms. The lowest BCUT2D eigenvalue weighted by Gasteiger charge is -2.00. The van der Waals surface area contributed by atoms with Gasteiger partial charge < -0.3 is 0 Å². The normalized spacial score (nSPS) is 9.62. The van der Waals surface area contributed by atoms with Crippen molar-refractivity contribution >= 4 is 21.7 Å². The third-order valence-corrected chi connectivity index (χ3v) is 2.44. The van der Waals surface area contributed by atoms with Crippen LogP contribution >= 0.6 is 15.9 Å². The minimum atomic E-state index is 0.160. The van der Waals surface area contributed by atoms with E-state index in [0.29, 0.717) is 6.42 Å². The molecule has 0 radical (unpaired) electrons. The second-order valence-electron chi connectivity index (χ2n) is 2.73. The van der Waals surface area contributed by atoms with Crippen molar-refractivity contribution in [1.29, 1.82) is 0 Å². The predicted molar refractivity (Wildman–Crippen MR) is 57.9 cm³/mol. The highest BCUT2D eigenvalue weighted by molar-refractivity contribution is 9.10. The number of allylic oxidation sites excluding steroid dienone is 1. The van der Waals surface area contributed by atoms with E-state index < -0.39 is 0 Å². The monoisotopic (exact) mass is 238 g/mol. The Morgan fingerprint density at radius 3 is 2.77 bits per heavy atom. The molecule has 1 rings (SSSR count). The van der Waals surface area contributed by atoms with Crippen molar-refractivity contribution < 1.29 is 4.79 Å². The quantitative estimate of drug-likeness (QED) is 0.579. The van der Waals surface area contributed by atoms with Crippen molar-refractivity contribution in [3.8, 4) is 0 Å². The number of carbonyl (C=O) groups is 1. The van der Waals surface area contributed by atoms with Gasteiger partial charge in [0.05, 0.1) is 0 Å². The van der Waals surface area contributed by atoms with Crippen LogP contribution in [0.3, 0.4) is 0 Å². The van der Waals surface area contributed by atoms with E-state index in [0.717, 1.165) is 16.5 Å². The van der Waals surface area contributed by atoms with Crippen molar-refractivity contribution in [1.82, 2.24) is 0 Å². The SMILES string of the molecule is C=CCCC(=O)c1ccccc1Br. The molecule has 1 nitrogen and oxygen atoms in total. The molecule has 0 amide bonds. The van der Waals surface area contributed by atoms with Crippen LogP contribution in [-0.2, 0) is 0 Å². The van der Waals surface area contributed by atoms with Gasteiger partial charge in [-0.15, -0.1) is 6.58 Å². The summed E-state index contributed by atoms with van der Waals surface area (Å²) in [5.74, 6) is 0.160. The molecule has 2 heteroatoms. The summed E-state index contributed by atoms with van der Waals surface area (Å²) in [5, 5.41) is 0. The molecule has 0 aliphatic carbocycles. The molecule has 0 aliphatic rings. The molecule has 0 N–H and O–H groups in total. The summed E-state index contributed by atoms with van der Waals surface area (Å²) < 4.78 is 0.865. The van der Waals surface area contributed by atoms with E-state index in [1.165, 1.54) is 0 Å². The fourth-order valence-electron chi connectivity index (χ4n) is 1.06. The first kappa shape index (κ1) is 10.2. The van der Waals surface area contributed by atoms with E-state index in [-0.39, 0.29) is 5.78 Å². The van der Waals surface area contributed by atoms with Gasteiger partial charge >= 0.3 is 0 Å². The topological polar surface area (TPSA) is 17.1 Å². The molecule has 0 fully saturated rings. The van der Waals surface area contributed by atoms with Crippen LogP contribution in [0.2, 0.25) is 0 Å². The van der Waals surface area contributed by atoms with Gasteiger partial charge in [0.2, 0.25) is 0 Å². The largest absolute Gasteiger partial charge is 0.294 e. The zero-order chi connectivity index (χ0) is 9.68. The Bertz CT molecular complexity index is 318. The molecule has 1 aromatic rings. The van der Waals surface area contributed by atoms with E-state index in [9.17, 15) is 4.79 Å². The maximum atomic E-state index is 11.5. The van der Waals surface area contributed by atoms with Crippen LogP contribution < -0.4 is 0 Å². The number of halogens is 1. The molecule has 68 valence electrons. The zero-order valence-corrected chi connectivity index (χ0v) is 8.88. The van der Waals surface area contributed by atoms with Crippen LogP contribution in [0.15, 0.2) is 41.4 Å². The Hall–Kier alpha value is -0.890. The van der Waals surface area contributed by atoms with E-state index in [2.05, 4.69) is 22.5 Å². The Morgan fingerprint density at radius 2 is 2.15 bits per heavy atom. The summed E-state index contributed by atoms with van der Waals surface area (Å²) in [7, 11) is 0. The number of hydrogen-bond donors (Lipinski definition) is 0. The minimum absolute atomic E-state index is 0.160. The molecular formula is C11H11BrO. The molecule has 0 bridgehead atoms. The summed E-state index contributed by atoms with van der Waals surface area (Å²) in [5.41, 5.74) is 0.754. The van der Waals surface area contributed by atoms with Crippen LogP contribution in [0.1, 0.15) is 23.2 Å². The maximum absolute atomic E-state index is 11.5. The fourth-order valence-corrected chi connectivity index (χ4v) is 1.56. The molecule has 0 saturated carbocycles. The number of rotatable bonds is 4. The summed E-state index contributed by atoms with van der Waals surface area (Å²) in [6, 6.07) is 7.47. The van der Waals surface area contributed by atoms with Gasteiger partial charge in [-0.2, -0.15) is 0 Å². The smallest absolute Gasteiger partial charge is 0.164 e. The average molecular weight is 239 g/mol. The summed E-state index contributed by atoms with van der Waals surface area (Å²) >= 11 is 3.34. The minimum Gasteiger partial charge on any atom is -0.294 e. The van der Waals surface area contributed by atoms with Crippen LogP contribution in [0.5, 0.6) is 0 Å². The Labute approximate surface area is 86.6 Å². The average Bonchev–Trinajstić information content (AvgIpc) is 2.15. The van der Waals surface area contributed by atoms with Crippen molar-refractivity contribution in [3.05, 3.63) is 47.0 Å². The Morgan fingerprint density at radius 1 is 1.46 bits per heavy atom. The van der Waals surface area contributed by atoms with Crippen LogP contribution in [0.25, 0.3) is 0 Å². The van der Waals surface area contributed by atoms with Gasteiger partial charge in [0.1, 0.15) is 0 Å². The van der Waals surface area contributed by atoms with Crippen molar-refractivity contribution in [2.75, 3.05) is 0 Å². The van der Waals surface area contributed by atoms with Crippen molar-refractivity contribution in [2.24, 2.45) is 0 Å². The number of carbonyl (C=O) groups excluding carboxylic acids is 1. The Kier molecular flexibility index (Phi) is 3.90. The molecule has 0 saturated heterocycles. The van der Waals surface area contributed by atoms with Gasteiger partial charge in [-0.05, 0) is 12.5 Å². The molecule has 0 aliphatic heterocycles. The fraction of sp³-hybridized carbons (Fsp3) is 0.182. The van der Waals surface area contributed by atoms with E-state index >= 15 is 0 Å². The second kappa shape index (κ2) is 4.97. The third-order valence-electron chi connectivity index (χ3n) is 1.75.